The van der Waals surface area contributed by atoms with E-state index in [9.17, 15) is 0 Å². The summed E-state index contributed by atoms with van der Waals surface area (Å²) in [6.07, 6.45) is 0. The van der Waals surface area contributed by atoms with Gasteiger partial charge >= 0.3 is 0 Å². The maximum Gasteiger partial charge on any atom is 0.164 e. The second kappa shape index (κ2) is 11.7. The summed E-state index contributed by atoms with van der Waals surface area (Å²) in [5.41, 5.74) is 7.52. The number of hydrogen-bond donors (Lipinski definition) is 0. The molecule has 9 aromatic rings. The molecule has 0 fully saturated rings. The van der Waals surface area contributed by atoms with E-state index < -0.39 is 0 Å². The lowest BCUT2D eigenvalue weighted by molar-refractivity contribution is 1.08. The normalized spacial score (nSPS) is 11.3. The smallest absolute Gasteiger partial charge is 0.164 e. The fraction of sp³-hybridized carbons (Fsp3) is 0. The average Bonchev–Trinajstić information content (AvgIpc) is 3.18. The molecular weight excluding hydrogens is 583 g/mol. The van der Waals surface area contributed by atoms with Crippen LogP contribution in [0.2, 0.25) is 0 Å². The van der Waals surface area contributed by atoms with E-state index in [1.165, 1.54) is 38.1 Å². The van der Waals surface area contributed by atoms with Gasteiger partial charge in [-0.25, -0.2) is 15.0 Å². The highest BCUT2D eigenvalue weighted by molar-refractivity contribution is 6.19. The molecule has 0 unspecified atom stereocenters. The van der Waals surface area contributed by atoms with Crippen LogP contribution >= 0.6 is 0 Å². The predicted octanol–water partition coefficient (Wildman–Crippen LogP) is 11.7. The van der Waals surface area contributed by atoms with Gasteiger partial charge in [0.15, 0.2) is 17.5 Å². The first-order chi connectivity index (χ1) is 23.8. The zero-order chi connectivity index (χ0) is 31.9. The summed E-state index contributed by atoms with van der Waals surface area (Å²) in [7, 11) is 0. The summed E-state index contributed by atoms with van der Waals surface area (Å²) >= 11 is 0. The third kappa shape index (κ3) is 4.99. The maximum absolute atomic E-state index is 5.12. The Hall–Kier alpha value is -6.45. The van der Waals surface area contributed by atoms with Crippen molar-refractivity contribution < 1.29 is 0 Å². The average molecular weight is 612 g/mol. The molecule has 1 heterocycles. The van der Waals surface area contributed by atoms with Crippen LogP contribution in [0.3, 0.4) is 0 Å². The first-order valence-electron chi connectivity index (χ1n) is 16.2. The van der Waals surface area contributed by atoms with Crippen molar-refractivity contribution >= 4 is 32.3 Å². The van der Waals surface area contributed by atoms with Gasteiger partial charge in [-0.3, -0.25) is 0 Å². The standard InChI is InChI=1S/C45H29N3/c1-3-10-30(11-4-1)32-18-22-35(23-19-32)43-46-44(36-24-20-33(21-25-36)31-12-5-2-6-13-31)48-45(47-43)42-17-9-16-38-40-27-26-34-14-7-8-15-37(34)39(40)28-29-41(38)42/h1-29H. The summed E-state index contributed by atoms with van der Waals surface area (Å²) in [4.78, 5) is 15.3. The van der Waals surface area contributed by atoms with Crippen LogP contribution in [-0.2, 0) is 0 Å². The second-order valence-electron chi connectivity index (χ2n) is 12.0. The van der Waals surface area contributed by atoms with Crippen molar-refractivity contribution in [3.8, 4) is 56.4 Å². The lowest BCUT2D eigenvalue weighted by Crippen LogP contribution is -2.00. The maximum atomic E-state index is 5.12. The summed E-state index contributed by atoms with van der Waals surface area (Å²) in [6, 6.07) is 61.7. The fourth-order valence-corrected chi connectivity index (χ4v) is 6.69. The molecule has 8 aromatic carbocycles. The van der Waals surface area contributed by atoms with E-state index in [2.05, 4.69) is 164 Å². The molecule has 3 nitrogen and oxygen atoms in total. The van der Waals surface area contributed by atoms with Crippen molar-refractivity contribution in [1.29, 1.82) is 0 Å². The zero-order valence-corrected chi connectivity index (χ0v) is 26.1. The molecule has 0 saturated carbocycles. The largest absolute Gasteiger partial charge is 0.208 e. The Kier molecular flexibility index (Phi) is 6.80. The predicted molar refractivity (Wildman–Crippen MR) is 200 cm³/mol. The van der Waals surface area contributed by atoms with Crippen LogP contribution in [0.25, 0.3) is 88.7 Å². The number of rotatable bonds is 5. The molecular formula is C45H29N3. The molecule has 0 bridgehead atoms. The van der Waals surface area contributed by atoms with Gasteiger partial charge in [0, 0.05) is 16.7 Å². The fourth-order valence-electron chi connectivity index (χ4n) is 6.69. The Bertz CT molecular complexity index is 2470. The van der Waals surface area contributed by atoms with Gasteiger partial charge in [0.25, 0.3) is 0 Å². The molecule has 0 aliphatic carbocycles. The Morgan fingerprint density at radius 2 is 0.646 bits per heavy atom. The molecule has 0 saturated heterocycles. The van der Waals surface area contributed by atoms with E-state index in [0.717, 1.165) is 33.2 Å². The molecule has 1 aromatic heterocycles. The molecule has 0 atom stereocenters. The van der Waals surface area contributed by atoms with E-state index in [-0.39, 0.29) is 0 Å². The van der Waals surface area contributed by atoms with Crippen LogP contribution in [0.4, 0.5) is 0 Å². The second-order valence-corrected chi connectivity index (χ2v) is 12.0. The van der Waals surface area contributed by atoms with E-state index >= 15 is 0 Å². The van der Waals surface area contributed by atoms with E-state index in [1.807, 2.05) is 12.1 Å². The molecule has 0 amide bonds. The van der Waals surface area contributed by atoms with Gasteiger partial charge in [-0.05, 0) is 54.6 Å². The number of benzene rings is 8. The van der Waals surface area contributed by atoms with Crippen molar-refractivity contribution in [1.82, 2.24) is 15.0 Å². The lowest BCUT2D eigenvalue weighted by Gasteiger charge is -2.13. The van der Waals surface area contributed by atoms with Crippen molar-refractivity contribution in [2.75, 3.05) is 0 Å². The molecule has 0 N–H and O–H groups in total. The summed E-state index contributed by atoms with van der Waals surface area (Å²) < 4.78 is 0. The van der Waals surface area contributed by atoms with Gasteiger partial charge in [-0.1, -0.05) is 176 Å². The summed E-state index contributed by atoms with van der Waals surface area (Å²) in [6.45, 7) is 0. The van der Waals surface area contributed by atoms with Crippen molar-refractivity contribution in [3.05, 3.63) is 176 Å². The highest BCUT2D eigenvalue weighted by atomic mass is 15.0. The van der Waals surface area contributed by atoms with Gasteiger partial charge in [0.05, 0.1) is 0 Å². The van der Waals surface area contributed by atoms with Crippen molar-refractivity contribution in [3.63, 3.8) is 0 Å². The first kappa shape index (κ1) is 27.8. The minimum absolute atomic E-state index is 0.644. The van der Waals surface area contributed by atoms with Crippen LogP contribution in [-0.4, -0.2) is 15.0 Å². The highest BCUT2D eigenvalue weighted by Crippen LogP contribution is 2.36. The first-order valence-corrected chi connectivity index (χ1v) is 16.2. The molecule has 0 aliphatic heterocycles. The van der Waals surface area contributed by atoms with Gasteiger partial charge in [0.2, 0.25) is 0 Å². The number of hydrogen-bond acceptors (Lipinski definition) is 3. The van der Waals surface area contributed by atoms with E-state index in [1.54, 1.807) is 0 Å². The van der Waals surface area contributed by atoms with Crippen LogP contribution in [0.5, 0.6) is 0 Å². The molecule has 0 aliphatic rings. The molecule has 224 valence electrons. The number of fused-ring (bicyclic) bond motifs is 5. The Morgan fingerprint density at radius 3 is 1.27 bits per heavy atom. The number of nitrogens with zero attached hydrogens (tertiary/aromatic N) is 3. The quantitative estimate of drug-likeness (QED) is 0.182. The molecule has 0 spiro atoms. The van der Waals surface area contributed by atoms with Crippen molar-refractivity contribution in [2.24, 2.45) is 0 Å². The Morgan fingerprint density at radius 1 is 0.229 bits per heavy atom. The minimum atomic E-state index is 0.644. The van der Waals surface area contributed by atoms with Gasteiger partial charge < -0.3 is 0 Å². The van der Waals surface area contributed by atoms with Gasteiger partial charge in [0.1, 0.15) is 0 Å². The van der Waals surface area contributed by atoms with Crippen LogP contribution < -0.4 is 0 Å². The minimum Gasteiger partial charge on any atom is -0.208 e. The van der Waals surface area contributed by atoms with Crippen LogP contribution in [0.1, 0.15) is 0 Å². The molecule has 3 heteroatoms. The van der Waals surface area contributed by atoms with Crippen LogP contribution in [0.15, 0.2) is 176 Å². The number of aromatic nitrogens is 3. The monoisotopic (exact) mass is 611 g/mol. The summed E-state index contributed by atoms with van der Waals surface area (Å²) in [5, 5.41) is 7.25. The van der Waals surface area contributed by atoms with Gasteiger partial charge in [-0.2, -0.15) is 0 Å². The third-order valence-corrected chi connectivity index (χ3v) is 9.16. The van der Waals surface area contributed by atoms with Crippen molar-refractivity contribution in [2.45, 2.75) is 0 Å². The topological polar surface area (TPSA) is 38.7 Å². The van der Waals surface area contributed by atoms with Gasteiger partial charge in [-0.15, -0.1) is 0 Å². The zero-order valence-electron chi connectivity index (χ0n) is 26.1. The van der Waals surface area contributed by atoms with E-state index in [0.29, 0.717) is 17.5 Å². The summed E-state index contributed by atoms with van der Waals surface area (Å²) in [5.74, 6) is 1.94. The van der Waals surface area contributed by atoms with Crippen LogP contribution in [0, 0.1) is 0 Å². The molecule has 0 radical (unpaired) electrons. The molecule has 48 heavy (non-hydrogen) atoms. The third-order valence-electron chi connectivity index (χ3n) is 9.16. The highest BCUT2D eigenvalue weighted by Gasteiger charge is 2.16. The SMILES string of the molecule is c1ccc(-c2ccc(-c3nc(-c4ccc(-c5ccccc5)cc4)nc(-c4cccc5c4ccc4c6ccccc6ccc54)n3)cc2)cc1. The Balaban J connectivity index is 1.21. The van der Waals surface area contributed by atoms with E-state index in [4.69, 9.17) is 15.0 Å². The Labute approximate surface area is 278 Å². The molecule has 9 rings (SSSR count). The lowest BCUT2D eigenvalue weighted by atomic mass is 9.95.